The van der Waals surface area contributed by atoms with Crippen molar-refractivity contribution in [3.8, 4) is 11.5 Å². The summed E-state index contributed by atoms with van der Waals surface area (Å²) in [5.74, 6) is 1.26. The quantitative estimate of drug-likeness (QED) is 0.667. The fourth-order valence-corrected chi connectivity index (χ4v) is 4.28. The number of methoxy groups -OCH3 is 2. The summed E-state index contributed by atoms with van der Waals surface area (Å²) < 4.78 is 10.7. The lowest BCUT2D eigenvalue weighted by Crippen LogP contribution is -2.29. The second-order valence-electron chi connectivity index (χ2n) is 6.62. The van der Waals surface area contributed by atoms with E-state index in [0.717, 1.165) is 48.8 Å². The van der Waals surface area contributed by atoms with Crippen LogP contribution in [0, 0.1) is 0 Å². The Labute approximate surface area is 172 Å². The maximum Gasteiger partial charge on any atom is 0.277 e. The fourth-order valence-electron chi connectivity index (χ4n) is 3.23. The lowest BCUT2D eigenvalue weighted by Gasteiger charge is -2.26. The Balaban J connectivity index is 1.43. The third-order valence-electron chi connectivity index (χ3n) is 4.64. The third kappa shape index (κ3) is 4.52. The van der Waals surface area contributed by atoms with Crippen molar-refractivity contribution in [2.75, 3.05) is 26.1 Å². The number of carbonyl (C=O) groups is 1. The van der Waals surface area contributed by atoms with Gasteiger partial charge in [0, 0.05) is 49.4 Å². The van der Waals surface area contributed by atoms with Crippen molar-refractivity contribution in [2.45, 2.75) is 19.5 Å². The van der Waals surface area contributed by atoms with Crippen LogP contribution in [0.25, 0.3) is 0 Å². The van der Waals surface area contributed by atoms with E-state index in [1.807, 2.05) is 18.2 Å². The van der Waals surface area contributed by atoms with Gasteiger partial charge in [-0.1, -0.05) is 0 Å². The molecule has 3 heterocycles. The van der Waals surface area contributed by atoms with E-state index < -0.39 is 0 Å². The van der Waals surface area contributed by atoms with E-state index in [1.165, 1.54) is 34.8 Å². The summed E-state index contributed by atoms with van der Waals surface area (Å²) in [6.07, 6.45) is 5.31. The molecule has 150 valence electrons. The van der Waals surface area contributed by atoms with Gasteiger partial charge in [0.1, 0.15) is 17.2 Å². The van der Waals surface area contributed by atoms with Crippen LogP contribution in [-0.2, 0) is 19.5 Å². The number of aromatic nitrogens is 3. The molecule has 0 atom stereocenters. The lowest BCUT2D eigenvalue weighted by atomic mass is 10.1. The molecule has 0 unspecified atom stereocenters. The maximum absolute atomic E-state index is 12.3. The summed E-state index contributed by atoms with van der Waals surface area (Å²) in [6, 6.07) is 5.92. The fraction of sp³-hybridized carbons (Fsp3) is 0.300. The first-order chi connectivity index (χ1) is 14.1. The Morgan fingerprint density at radius 3 is 2.69 bits per heavy atom. The number of hydrogen-bond donors (Lipinski definition) is 1. The number of thiazole rings is 1. The molecule has 8 nitrogen and oxygen atoms in total. The molecule has 0 bridgehead atoms. The molecule has 0 radical (unpaired) electrons. The molecule has 0 spiro atoms. The Bertz CT molecular complexity index is 986. The smallest absolute Gasteiger partial charge is 0.277 e. The minimum absolute atomic E-state index is 0.272. The lowest BCUT2D eigenvalue weighted by molar-refractivity contribution is 0.102. The van der Waals surface area contributed by atoms with Crippen molar-refractivity contribution in [1.29, 1.82) is 0 Å². The highest BCUT2D eigenvalue weighted by Crippen LogP contribution is 2.30. The largest absolute Gasteiger partial charge is 0.497 e. The number of nitrogens with zero attached hydrogens (tertiary/aromatic N) is 4. The van der Waals surface area contributed by atoms with E-state index in [2.05, 4.69) is 25.2 Å². The summed E-state index contributed by atoms with van der Waals surface area (Å²) in [5, 5.41) is 3.42. The van der Waals surface area contributed by atoms with Gasteiger partial charge in [0.05, 0.1) is 26.1 Å². The van der Waals surface area contributed by atoms with Crippen LogP contribution in [0.5, 0.6) is 11.5 Å². The van der Waals surface area contributed by atoms with Gasteiger partial charge in [-0.2, -0.15) is 0 Å². The van der Waals surface area contributed by atoms with Gasteiger partial charge >= 0.3 is 0 Å². The molecule has 0 fully saturated rings. The zero-order valence-corrected chi connectivity index (χ0v) is 17.0. The monoisotopic (exact) mass is 411 g/mol. The van der Waals surface area contributed by atoms with Crippen molar-refractivity contribution in [2.24, 2.45) is 0 Å². The molecule has 2 aromatic heterocycles. The molecule has 1 N–H and O–H groups in total. The minimum Gasteiger partial charge on any atom is -0.497 e. The topological polar surface area (TPSA) is 89.5 Å². The minimum atomic E-state index is -0.301. The molecule has 29 heavy (non-hydrogen) atoms. The Kier molecular flexibility index (Phi) is 5.68. The number of carbonyl (C=O) groups excluding carboxylic acids is 1. The van der Waals surface area contributed by atoms with Crippen molar-refractivity contribution in [3.63, 3.8) is 0 Å². The Morgan fingerprint density at radius 1 is 1.21 bits per heavy atom. The van der Waals surface area contributed by atoms with Crippen LogP contribution in [-0.4, -0.2) is 46.5 Å². The summed E-state index contributed by atoms with van der Waals surface area (Å²) in [6.45, 7) is 2.47. The van der Waals surface area contributed by atoms with Gasteiger partial charge < -0.3 is 9.47 Å². The predicted molar refractivity (Wildman–Crippen MR) is 109 cm³/mol. The zero-order chi connectivity index (χ0) is 20.2. The summed E-state index contributed by atoms with van der Waals surface area (Å²) in [5.41, 5.74) is 2.45. The van der Waals surface area contributed by atoms with Gasteiger partial charge in [0.25, 0.3) is 5.91 Å². The number of benzene rings is 1. The van der Waals surface area contributed by atoms with Gasteiger partial charge in [-0.3, -0.25) is 20.0 Å². The van der Waals surface area contributed by atoms with Crippen molar-refractivity contribution < 1.29 is 14.3 Å². The highest BCUT2D eigenvalue weighted by molar-refractivity contribution is 7.15. The van der Waals surface area contributed by atoms with Gasteiger partial charge in [0.2, 0.25) is 0 Å². The number of anilines is 1. The number of ether oxygens (including phenoxy) is 2. The SMILES string of the molecule is COc1cc(CN2CCc3nc(NC(=O)c4cnccn4)sc3C2)cc(OC)c1. The Hall–Kier alpha value is -3.04. The van der Waals surface area contributed by atoms with E-state index in [9.17, 15) is 4.79 Å². The van der Waals surface area contributed by atoms with Crippen LogP contribution in [0.3, 0.4) is 0 Å². The molecule has 1 amide bonds. The number of amides is 1. The van der Waals surface area contributed by atoms with Gasteiger partial charge in [-0.05, 0) is 17.7 Å². The summed E-state index contributed by atoms with van der Waals surface area (Å²) >= 11 is 1.51. The standard InChI is InChI=1S/C20H21N5O3S/c1-27-14-7-13(8-15(9-14)28-2)11-25-6-3-16-18(12-25)29-20(23-16)24-19(26)17-10-21-4-5-22-17/h4-5,7-10H,3,6,11-12H2,1-2H3,(H,23,24,26). The van der Waals surface area contributed by atoms with Crippen LogP contribution in [0.2, 0.25) is 0 Å². The average Bonchev–Trinajstić information content (AvgIpc) is 3.15. The van der Waals surface area contributed by atoms with E-state index in [0.29, 0.717) is 5.13 Å². The van der Waals surface area contributed by atoms with Crippen molar-refractivity contribution in [1.82, 2.24) is 19.9 Å². The second kappa shape index (κ2) is 8.54. The number of hydrogen-bond acceptors (Lipinski definition) is 8. The molecule has 0 aliphatic carbocycles. The van der Waals surface area contributed by atoms with Crippen LogP contribution in [0.15, 0.2) is 36.8 Å². The third-order valence-corrected chi connectivity index (χ3v) is 5.64. The van der Waals surface area contributed by atoms with Gasteiger partial charge in [0.15, 0.2) is 5.13 Å². The zero-order valence-electron chi connectivity index (χ0n) is 16.2. The molecular formula is C20H21N5O3S. The predicted octanol–water partition coefficient (Wildman–Crippen LogP) is 2.76. The molecule has 0 saturated heterocycles. The molecular weight excluding hydrogens is 390 g/mol. The van der Waals surface area contributed by atoms with Crippen LogP contribution in [0.1, 0.15) is 26.6 Å². The highest BCUT2D eigenvalue weighted by atomic mass is 32.1. The molecule has 1 aliphatic heterocycles. The first kappa shape index (κ1) is 19.3. The number of rotatable bonds is 6. The van der Waals surface area contributed by atoms with E-state index >= 15 is 0 Å². The van der Waals surface area contributed by atoms with Crippen LogP contribution in [0.4, 0.5) is 5.13 Å². The van der Waals surface area contributed by atoms with Crippen LogP contribution >= 0.6 is 11.3 Å². The number of nitrogens with one attached hydrogen (secondary N) is 1. The van der Waals surface area contributed by atoms with E-state index in [1.54, 1.807) is 14.2 Å². The Morgan fingerprint density at radius 2 is 2.00 bits per heavy atom. The van der Waals surface area contributed by atoms with E-state index in [-0.39, 0.29) is 11.6 Å². The number of fused-ring (bicyclic) bond motifs is 1. The molecule has 0 saturated carbocycles. The van der Waals surface area contributed by atoms with Crippen LogP contribution < -0.4 is 14.8 Å². The first-order valence-electron chi connectivity index (χ1n) is 9.15. The molecule has 4 rings (SSSR count). The first-order valence-corrected chi connectivity index (χ1v) is 9.96. The van der Waals surface area contributed by atoms with E-state index in [4.69, 9.17) is 9.47 Å². The van der Waals surface area contributed by atoms with Crippen molar-refractivity contribution >= 4 is 22.4 Å². The van der Waals surface area contributed by atoms with Gasteiger partial charge in [-0.25, -0.2) is 9.97 Å². The summed E-state index contributed by atoms with van der Waals surface area (Å²) in [4.78, 5) is 28.3. The molecule has 1 aromatic carbocycles. The van der Waals surface area contributed by atoms with Gasteiger partial charge in [-0.15, -0.1) is 11.3 Å². The molecule has 9 heteroatoms. The molecule has 3 aromatic rings. The normalized spacial score (nSPS) is 13.6. The average molecular weight is 411 g/mol. The highest BCUT2D eigenvalue weighted by Gasteiger charge is 2.22. The molecule has 1 aliphatic rings. The second-order valence-corrected chi connectivity index (χ2v) is 7.70. The maximum atomic E-state index is 12.3. The van der Waals surface area contributed by atoms with Crippen molar-refractivity contribution in [3.05, 3.63) is 58.6 Å². The summed E-state index contributed by atoms with van der Waals surface area (Å²) in [7, 11) is 3.31.